The molecule has 0 aliphatic carbocycles. The lowest BCUT2D eigenvalue weighted by Gasteiger charge is -2.15. The first-order chi connectivity index (χ1) is 16.3. The minimum absolute atomic E-state index is 0.0961. The third-order valence-electron chi connectivity index (χ3n) is 5.67. The topological polar surface area (TPSA) is 67.9 Å². The molecule has 0 fully saturated rings. The molecule has 6 nitrogen and oxygen atoms in total. The number of nitrogens with one attached hydrogen (secondary N) is 1. The number of rotatable bonds is 7. The van der Waals surface area contributed by atoms with Gasteiger partial charge in [0.1, 0.15) is 11.5 Å². The van der Waals surface area contributed by atoms with Crippen LogP contribution < -0.4 is 19.7 Å². The quantitative estimate of drug-likeness (QED) is 0.481. The predicted molar refractivity (Wildman–Crippen MR) is 130 cm³/mol. The van der Waals surface area contributed by atoms with Gasteiger partial charge in [-0.25, -0.2) is 9.29 Å². The third-order valence-corrected chi connectivity index (χ3v) is 5.67. The normalized spacial score (nSPS) is 13.6. The second-order valence-corrected chi connectivity index (χ2v) is 8.15. The highest BCUT2D eigenvalue weighted by atomic mass is 19.1. The summed E-state index contributed by atoms with van der Waals surface area (Å²) in [4.78, 5) is 28.0. The number of hydrogen-bond donors (Lipinski definition) is 1. The minimum atomic E-state index is -0.576. The van der Waals surface area contributed by atoms with Crippen molar-refractivity contribution in [2.75, 3.05) is 24.4 Å². The Morgan fingerprint density at radius 1 is 0.853 bits per heavy atom. The molecule has 7 heteroatoms. The van der Waals surface area contributed by atoms with Crippen LogP contribution in [0.2, 0.25) is 0 Å². The van der Waals surface area contributed by atoms with Crippen molar-refractivity contribution in [2.45, 2.75) is 19.8 Å². The monoisotopic (exact) mass is 460 g/mol. The Balaban J connectivity index is 1.82. The Morgan fingerprint density at radius 2 is 1.56 bits per heavy atom. The van der Waals surface area contributed by atoms with Crippen molar-refractivity contribution >= 4 is 28.8 Å². The van der Waals surface area contributed by atoms with E-state index in [9.17, 15) is 14.0 Å². The molecule has 1 N–H and O–H groups in total. The van der Waals surface area contributed by atoms with E-state index in [1.54, 1.807) is 18.2 Å². The highest BCUT2D eigenvalue weighted by Gasteiger charge is 2.40. The minimum Gasteiger partial charge on any atom is -0.493 e. The Hall–Kier alpha value is -4.13. The zero-order chi connectivity index (χ0) is 24.4. The van der Waals surface area contributed by atoms with Crippen LogP contribution in [-0.2, 0) is 9.59 Å². The van der Waals surface area contributed by atoms with Crippen LogP contribution in [0.15, 0.2) is 72.4 Å². The van der Waals surface area contributed by atoms with E-state index in [1.165, 1.54) is 32.4 Å². The van der Waals surface area contributed by atoms with Crippen LogP contribution in [0.25, 0.3) is 5.57 Å². The molecule has 0 aromatic heterocycles. The van der Waals surface area contributed by atoms with Gasteiger partial charge in [-0.3, -0.25) is 9.59 Å². The summed E-state index contributed by atoms with van der Waals surface area (Å²) in [6, 6.07) is 18.0. The van der Waals surface area contributed by atoms with E-state index in [0.717, 1.165) is 16.5 Å². The largest absolute Gasteiger partial charge is 0.493 e. The van der Waals surface area contributed by atoms with Crippen molar-refractivity contribution in [1.82, 2.24) is 0 Å². The molecule has 0 bridgehead atoms. The highest BCUT2D eigenvalue weighted by molar-refractivity contribution is 6.46. The standard InChI is InChI=1S/C27H25FN2O4/c1-16(2)17-8-11-20(12-9-17)29-25-24(18-10-13-22(33-3)23(14-18)34-4)26(31)30(27(25)32)21-7-5-6-19(28)15-21/h5-16,29H,1-4H3. The van der Waals surface area contributed by atoms with Gasteiger partial charge in [-0.15, -0.1) is 0 Å². The molecule has 4 rings (SSSR count). The molecular weight excluding hydrogens is 435 g/mol. The zero-order valence-electron chi connectivity index (χ0n) is 19.4. The van der Waals surface area contributed by atoms with Crippen LogP contribution in [0.4, 0.5) is 15.8 Å². The van der Waals surface area contributed by atoms with Crippen LogP contribution in [-0.4, -0.2) is 26.0 Å². The van der Waals surface area contributed by atoms with Crippen molar-refractivity contribution in [3.05, 3.63) is 89.4 Å². The van der Waals surface area contributed by atoms with Gasteiger partial charge >= 0.3 is 0 Å². The van der Waals surface area contributed by atoms with E-state index in [0.29, 0.717) is 28.7 Å². The number of anilines is 2. The smallest absolute Gasteiger partial charge is 0.282 e. The molecular formula is C27H25FN2O4. The molecule has 3 aromatic rings. The molecule has 0 unspecified atom stereocenters. The maximum Gasteiger partial charge on any atom is 0.282 e. The first-order valence-electron chi connectivity index (χ1n) is 10.8. The maximum atomic E-state index is 13.9. The predicted octanol–water partition coefficient (Wildman–Crippen LogP) is 5.36. The molecule has 0 spiro atoms. The van der Waals surface area contributed by atoms with Gasteiger partial charge in [0.15, 0.2) is 11.5 Å². The van der Waals surface area contributed by atoms with Gasteiger partial charge in [-0.05, 0) is 59.5 Å². The number of ether oxygens (including phenoxy) is 2. The summed E-state index contributed by atoms with van der Waals surface area (Å²) >= 11 is 0. The van der Waals surface area contributed by atoms with Crippen molar-refractivity contribution in [2.24, 2.45) is 0 Å². The van der Waals surface area contributed by atoms with Crippen LogP contribution in [0.5, 0.6) is 11.5 Å². The summed E-state index contributed by atoms with van der Waals surface area (Å²) in [7, 11) is 3.01. The average Bonchev–Trinajstić information content (AvgIpc) is 3.08. The van der Waals surface area contributed by atoms with Crippen LogP contribution in [0.3, 0.4) is 0 Å². The average molecular weight is 461 g/mol. The number of hydrogen-bond acceptors (Lipinski definition) is 5. The summed E-state index contributed by atoms with van der Waals surface area (Å²) in [5.74, 6) is -0.426. The van der Waals surface area contributed by atoms with Gasteiger partial charge in [0.05, 0.1) is 25.5 Å². The van der Waals surface area contributed by atoms with E-state index in [-0.39, 0.29) is 17.0 Å². The summed E-state index contributed by atoms with van der Waals surface area (Å²) in [5, 5.41) is 3.12. The first kappa shape index (κ1) is 23.0. The molecule has 1 aliphatic rings. The van der Waals surface area contributed by atoms with E-state index >= 15 is 0 Å². The molecule has 0 saturated heterocycles. The second-order valence-electron chi connectivity index (χ2n) is 8.15. The number of halogens is 1. The molecule has 1 aliphatic heterocycles. The number of benzene rings is 3. The highest BCUT2D eigenvalue weighted by Crippen LogP contribution is 2.37. The molecule has 0 radical (unpaired) electrons. The zero-order valence-corrected chi connectivity index (χ0v) is 19.4. The van der Waals surface area contributed by atoms with Crippen molar-refractivity contribution in [3.63, 3.8) is 0 Å². The van der Waals surface area contributed by atoms with Gasteiger partial charge in [0, 0.05) is 5.69 Å². The van der Waals surface area contributed by atoms with Gasteiger partial charge in [-0.1, -0.05) is 38.1 Å². The fourth-order valence-corrected chi connectivity index (χ4v) is 3.85. The van der Waals surface area contributed by atoms with Gasteiger partial charge in [-0.2, -0.15) is 0 Å². The van der Waals surface area contributed by atoms with Crippen molar-refractivity contribution < 1.29 is 23.5 Å². The molecule has 0 saturated carbocycles. The van der Waals surface area contributed by atoms with E-state index in [2.05, 4.69) is 19.2 Å². The molecule has 174 valence electrons. The number of carbonyl (C=O) groups excluding carboxylic acids is 2. The fourth-order valence-electron chi connectivity index (χ4n) is 3.85. The van der Waals surface area contributed by atoms with Crippen molar-refractivity contribution in [3.8, 4) is 11.5 Å². The Kier molecular flexibility index (Phi) is 6.36. The van der Waals surface area contributed by atoms with Crippen LogP contribution >= 0.6 is 0 Å². The molecule has 0 atom stereocenters. The lowest BCUT2D eigenvalue weighted by atomic mass is 10.0. The van der Waals surface area contributed by atoms with E-state index in [4.69, 9.17) is 9.47 Å². The molecule has 1 heterocycles. The lowest BCUT2D eigenvalue weighted by Crippen LogP contribution is -2.32. The van der Waals surface area contributed by atoms with E-state index < -0.39 is 17.6 Å². The summed E-state index contributed by atoms with van der Waals surface area (Å²) in [5.41, 5.74) is 2.67. The third kappa shape index (κ3) is 4.24. The molecule has 34 heavy (non-hydrogen) atoms. The Morgan fingerprint density at radius 3 is 2.18 bits per heavy atom. The Labute approximate surface area is 197 Å². The van der Waals surface area contributed by atoms with E-state index in [1.807, 2.05) is 24.3 Å². The van der Waals surface area contributed by atoms with Gasteiger partial charge < -0.3 is 14.8 Å². The van der Waals surface area contributed by atoms with Crippen LogP contribution in [0.1, 0.15) is 30.9 Å². The maximum absolute atomic E-state index is 13.9. The SMILES string of the molecule is COc1ccc(C2=C(Nc3ccc(C(C)C)cc3)C(=O)N(c3cccc(F)c3)C2=O)cc1OC. The summed E-state index contributed by atoms with van der Waals surface area (Å²) in [6.07, 6.45) is 0. The number of methoxy groups -OCH3 is 2. The molecule has 2 amide bonds. The number of nitrogens with zero attached hydrogens (tertiary/aromatic N) is 1. The van der Waals surface area contributed by atoms with Gasteiger partial charge in [0.25, 0.3) is 11.8 Å². The number of amides is 2. The van der Waals surface area contributed by atoms with Crippen molar-refractivity contribution in [1.29, 1.82) is 0 Å². The van der Waals surface area contributed by atoms with Gasteiger partial charge in [0.2, 0.25) is 0 Å². The fraction of sp³-hybridized carbons (Fsp3) is 0.185. The second kappa shape index (κ2) is 9.39. The Bertz CT molecular complexity index is 1280. The van der Waals surface area contributed by atoms with Crippen LogP contribution in [0, 0.1) is 5.82 Å². The molecule has 3 aromatic carbocycles. The summed E-state index contributed by atoms with van der Waals surface area (Å²) in [6.45, 7) is 4.19. The number of imide groups is 1. The first-order valence-corrected chi connectivity index (χ1v) is 10.8. The lowest BCUT2D eigenvalue weighted by molar-refractivity contribution is -0.120. The number of carbonyl (C=O) groups is 2. The summed E-state index contributed by atoms with van der Waals surface area (Å²) < 4.78 is 24.6.